The van der Waals surface area contributed by atoms with Crippen molar-refractivity contribution >= 4 is 17.6 Å². The van der Waals surface area contributed by atoms with Crippen molar-refractivity contribution in [3.8, 4) is 0 Å². The maximum absolute atomic E-state index is 12.1. The van der Waals surface area contributed by atoms with E-state index in [4.69, 9.17) is 0 Å². The molecule has 0 saturated carbocycles. The number of carboxylic acid groups (broad SMARTS) is 1. The number of carbonyl (C=O) groups excluding carboxylic acids is 1. The van der Waals surface area contributed by atoms with Gasteiger partial charge >= 0.3 is 5.97 Å². The van der Waals surface area contributed by atoms with E-state index >= 15 is 0 Å². The molecular weight excluding hydrogens is 316 g/mol. The summed E-state index contributed by atoms with van der Waals surface area (Å²) in [4.78, 5) is 23.5. The summed E-state index contributed by atoms with van der Waals surface area (Å²) in [6, 6.07) is 14.5. The number of amides is 1. The van der Waals surface area contributed by atoms with E-state index < -0.39 is 12.0 Å². The quantitative estimate of drug-likeness (QED) is 0.690. The molecular formula is C20H24N2O3. The molecule has 132 valence electrons. The number of aryl methyl sites for hydroxylation is 2. The maximum Gasteiger partial charge on any atom is 0.321 e. The molecule has 2 aromatic rings. The van der Waals surface area contributed by atoms with Gasteiger partial charge in [0.15, 0.2) is 0 Å². The van der Waals surface area contributed by atoms with Crippen molar-refractivity contribution in [3.63, 3.8) is 0 Å². The summed E-state index contributed by atoms with van der Waals surface area (Å²) in [6.07, 6.45) is 0.598. The van der Waals surface area contributed by atoms with Crippen molar-refractivity contribution < 1.29 is 14.7 Å². The van der Waals surface area contributed by atoms with E-state index in [0.717, 1.165) is 16.7 Å². The number of hydrogen-bond acceptors (Lipinski definition) is 3. The van der Waals surface area contributed by atoms with Gasteiger partial charge < -0.3 is 15.7 Å². The summed E-state index contributed by atoms with van der Waals surface area (Å²) in [5.41, 5.74) is 4.03. The third-order valence-corrected chi connectivity index (χ3v) is 4.13. The van der Waals surface area contributed by atoms with Crippen molar-refractivity contribution in [1.29, 1.82) is 0 Å². The normalized spacial score (nSPS) is 11.8. The van der Waals surface area contributed by atoms with Gasteiger partial charge in [-0.15, -0.1) is 0 Å². The summed E-state index contributed by atoms with van der Waals surface area (Å²) in [6.45, 7) is 4.46. The highest BCUT2D eigenvalue weighted by molar-refractivity contribution is 5.94. The zero-order valence-electron chi connectivity index (χ0n) is 14.6. The van der Waals surface area contributed by atoms with Crippen molar-refractivity contribution in [2.24, 2.45) is 0 Å². The minimum absolute atomic E-state index is 0.114. The van der Waals surface area contributed by atoms with E-state index in [9.17, 15) is 14.7 Å². The predicted octanol–water partition coefficient (Wildman–Crippen LogP) is 2.92. The first-order chi connectivity index (χ1) is 12.0. The zero-order chi connectivity index (χ0) is 18.2. The van der Waals surface area contributed by atoms with Crippen LogP contribution >= 0.6 is 0 Å². The Bertz CT molecular complexity index is 729. The van der Waals surface area contributed by atoms with Crippen molar-refractivity contribution in [2.75, 3.05) is 11.9 Å². The van der Waals surface area contributed by atoms with Crippen LogP contribution in [0.4, 0.5) is 5.69 Å². The molecule has 0 bridgehead atoms. The third kappa shape index (κ3) is 6.04. The Hall–Kier alpha value is -2.66. The first-order valence-corrected chi connectivity index (χ1v) is 8.33. The molecule has 1 atom stereocenters. The van der Waals surface area contributed by atoms with E-state index in [1.165, 1.54) is 0 Å². The van der Waals surface area contributed by atoms with E-state index in [0.29, 0.717) is 18.7 Å². The molecule has 0 spiro atoms. The minimum atomic E-state index is -1.02. The number of carboxylic acids is 1. The largest absolute Gasteiger partial charge is 0.480 e. The first kappa shape index (κ1) is 18.7. The van der Waals surface area contributed by atoms with Gasteiger partial charge in [0, 0.05) is 5.69 Å². The van der Waals surface area contributed by atoms with Gasteiger partial charge in [-0.25, -0.2) is 0 Å². The van der Waals surface area contributed by atoms with Crippen LogP contribution in [0.1, 0.15) is 23.1 Å². The Balaban J connectivity index is 1.86. The third-order valence-electron chi connectivity index (χ3n) is 4.13. The number of nitrogens with one attached hydrogen (secondary N) is 2. The molecule has 0 aliphatic carbocycles. The van der Waals surface area contributed by atoms with Crippen LogP contribution in [0.25, 0.3) is 0 Å². The zero-order valence-corrected chi connectivity index (χ0v) is 14.6. The van der Waals surface area contributed by atoms with Gasteiger partial charge in [0.1, 0.15) is 6.04 Å². The second kappa shape index (κ2) is 8.99. The average molecular weight is 340 g/mol. The summed E-state index contributed by atoms with van der Waals surface area (Å²) in [7, 11) is 0. The predicted molar refractivity (Wildman–Crippen MR) is 98.7 cm³/mol. The molecule has 0 saturated heterocycles. The molecule has 3 N–H and O–H groups in total. The Morgan fingerprint density at radius 1 is 1.04 bits per heavy atom. The number of benzene rings is 2. The fraction of sp³-hybridized carbons (Fsp3) is 0.300. The molecule has 0 aromatic heterocycles. The van der Waals surface area contributed by atoms with Crippen LogP contribution in [0.5, 0.6) is 0 Å². The molecule has 2 rings (SSSR count). The average Bonchev–Trinajstić information content (AvgIpc) is 2.58. The lowest BCUT2D eigenvalue weighted by Gasteiger charge is -2.15. The van der Waals surface area contributed by atoms with Crippen LogP contribution in [-0.2, 0) is 16.0 Å². The van der Waals surface area contributed by atoms with Crippen LogP contribution < -0.4 is 10.6 Å². The SMILES string of the molecule is Cc1ccc(NC(=O)CC(NCCc2ccccc2)C(=O)O)cc1C. The van der Waals surface area contributed by atoms with Crippen LogP contribution in [0, 0.1) is 13.8 Å². The Morgan fingerprint density at radius 3 is 2.40 bits per heavy atom. The van der Waals surface area contributed by atoms with Gasteiger partial charge in [-0.3, -0.25) is 9.59 Å². The molecule has 25 heavy (non-hydrogen) atoms. The number of carbonyl (C=O) groups is 2. The van der Waals surface area contributed by atoms with Crippen LogP contribution in [-0.4, -0.2) is 29.6 Å². The Labute approximate surface area is 148 Å². The van der Waals surface area contributed by atoms with Gasteiger partial charge in [-0.05, 0) is 55.6 Å². The standard InChI is InChI=1S/C20H24N2O3/c1-14-8-9-17(12-15(14)2)22-19(23)13-18(20(24)25)21-11-10-16-6-4-3-5-7-16/h3-9,12,18,21H,10-11,13H2,1-2H3,(H,22,23)(H,24,25). The smallest absolute Gasteiger partial charge is 0.321 e. The van der Waals surface area contributed by atoms with E-state index in [2.05, 4.69) is 10.6 Å². The molecule has 5 nitrogen and oxygen atoms in total. The monoisotopic (exact) mass is 340 g/mol. The number of rotatable bonds is 8. The van der Waals surface area contributed by atoms with Crippen molar-refractivity contribution in [1.82, 2.24) is 5.32 Å². The Morgan fingerprint density at radius 2 is 1.76 bits per heavy atom. The fourth-order valence-corrected chi connectivity index (χ4v) is 2.50. The summed E-state index contributed by atoms with van der Waals surface area (Å²) < 4.78 is 0. The van der Waals surface area contributed by atoms with Crippen LogP contribution in [0.15, 0.2) is 48.5 Å². The van der Waals surface area contributed by atoms with Gasteiger partial charge in [-0.2, -0.15) is 0 Å². The molecule has 0 fully saturated rings. The molecule has 2 aromatic carbocycles. The summed E-state index contributed by atoms with van der Waals surface area (Å²) >= 11 is 0. The number of anilines is 1. The second-order valence-electron chi connectivity index (χ2n) is 6.13. The highest BCUT2D eigenvalue weighted by Gasteiger charge is 2.20. The van der Waals surface area contributed by atoms with Gasteiger partial charge in [0.05, 0.1) is 6.42 Å². The highest BCUT2D eigenvalue weighted by atomic mass is 16.4. The minimum Gasteiger partial charge on any atom is -0.480 e. The fourth-order valence-electron chi connectivity index (χ4n) is 2.50. The topological polar surface area (TPSA) is 78.4 Å². The summed E-state index contributed by atoms with van der Waals surface area (Å²) in [5, 5.41) is 15.0. The van der Waals surface area contributed by atoms with E-state index in [1.54, 1.807) is 0 Å². The van der Waals surface area contributed by atoms with Crippen molar-refractivity contribution in [2.45, 2.75) is 32.7 Å². The van der Waals surface area contributed by atoms with Gasteiger partial charge in [0.25, 0.3) is 0 Å². The van der Waals surface area contributed by atoms with E-state index in [-0.39, 0.29) is 12.3 Å². The van der Waals surface area contributed by atoms with Crippen LogP contribution in [0.3, 0.4) is 0 Å². The maximum atomic E-state index is 12.1. The first-order valence-electron chi connectivity index (χ1n) is 8.33. The van der Waals surface area contributed by atoms with Crippen LogP contribution in [0.2, 0.25) is 0 Å². The molecule has 0 aliphatic heterocycles. The molecule has 5 heteroatoms. The molecule has 1 amide bonds. The van der Waals surface area contributed by atoms with Crippen molar-refractivity contribution in [3.05, 3.63) is 65.2 Å². The van der Waals surface area contributed by atoms with E-state index in [1.807, 2.05) is 62.4 Å². The molecule has 0 radical (unpaired) electrons. The lowest BCUT2D eigenvalue weighted by Crippen LogP contribution is -2.40. The molecule has 0 heterocycles. The second-order valence-corrected chi connectivity index (χ2v) is 6.13. The number of hydrogen-bond donors (Lipinski definition) is 3. The molecule has 1 unspecified atom stereocenters. The Kier molecular flexibility index (Phi) is 6.71. The lowest BCUT2D eigenvalue weighted by molar-refractivity contribution is -0.141. The lowest BCUT2D eigenvalue weighted by atomic mass is 10.1. The molecule has 0 aliphatic rings. The highest BCUT2D eigenvalue weighted by Crippen LogP contribution is 2.14. The van der Waals surface area contributed by atoms with Gasteiger partial charge in [-0.1, -0.05) is 36.4 Å². The number of aliphatic carboxylic acids is 1. The summed E-state index contributed by atoms with van der Waals surface area (Å²) in [5.74, 6) is -1.34. The van der Waals surface area contributed by atoms with Gasteiger partial charge in [0.2, 0.25) is 5.91 Å².